The summed E-state index contributed by atoms with van der Waals surface area (Å²) in [5, 5.41) is 0. The molecule has 0 unspecified atom stereocenters. The molecule has 0 saturated heterocycles. The Morgan fingerprint density at radius 3 is 1.28 bits per heavy atom. The molecule has 0 bridgehead atoms. The highest BCUT2D eigenvalue weighted by Gasteiger charge is 1.96. The van der Waals surface area contributed by atoms with Crippen LogP contribution < -0.4 is 0 Å². The third-order valence-corrected chi connectivity index (χ3v) is 3.10. The van der Waals surface area contributed by atoms with Crippen LogP contribution in [-0.2, 0) is 9.78 Å². The lowest BCUT2D eigenvalue weighted by Gasteiger charge is -2.06. The van der Waals surface area contributed by atoms with E-state index in [9.17, 15) is 0 Å². The van der Waals surface area contributed by atoms with E-state index < -0.39 is 0 Å². The third-order valence-electron chi connectivity index (χ3n) is 3.10. The zero-order chi connectivity index (χ0) is 13.6. The average molecular weight is 258 g/mol. The lowest BCUT2D eigenvalue weighted by atomic mass is 10.1. The summed E-state index contributed by atoms with van der Waals surface area (Å²) in [6.07, 6.45) is 10.1. The summed E-state index contributed by atoms with van der Waals surface area (Å²) in [5.41, 5.74) is 0. The van der Waals surface area contributed by atoms with Gasteiger partial charge in [0.1, 0.15) is 0 Å². The zero-order valence-corrected chi connectivity index (χ0v) is 13.0. The first-order chi connectivity index (χ1) is 8.63. The van der Waals surface area contributed by atoms with Crippen molar-refractivity contribution in [3.8, 4) is 0 Å². The van der Waals surface area contributed by atoms with E-state index in [1.165, 1.54) is 38.5 Å². The van der Waals surface area contributed by atoms with Crippen molar-refractivity contribution < 1.29 is 9.78 Å². The van der Waals surface area contributed by atoms with Gasteiger partial charge in [-0.2, -0.15) is 0 Å². The minimum absolute atomic E-state index is 0.754. The molecule has 0 aromatic carbocycles. The van der Waals surface area contributed by atoms with Crippen LogP contribution in [0.4, 0.5) is 0 Å². The van der Waals surface area contributed by atoms with Crippen molar-refractivity contribution >= 4 is 0 Å². The maximum atomic E-state index is 5.17. The average Bonchev–Trinajstić information content (AvgIpc) is 2.29. The zero-order valence-electron chi connectivity index (χ0n) is 13.0. The van der Waals surface area contributed by atoms with Gasteiger partial charge in [-0.3, -0.25) is 0 Å². The fourth-order valence-electron chi connectivity index (χ4n) is 1.90. The number of unbranched alkanes of at least 4 members (excludes halogenated alkanes) is 4. The summed E-state index contributed by atoms with van der Waals surface area (Å²) in [6, 6.07) is 0. The second kappa shape index (κ2) is 13.4. The first-order valence-corrected chi connectivity index (χ1v) is 7.87. The van der Waals surface area contributed by atoms with Crippen molar-refractivity contribution in [1.82, 2.24) is 0 Å². The molecule has 2 heteroatoms. The Hall–Kier alpha value is -0.0800. The van der Waals surface area contributed by atoms with Crippen molar-refractivity contribution in [3.63, 3.8) is 0 Å². The van der Waals surface area contributed by atoms with Gasteiger partial charge in [0.05, 0.1) is 13.2 Å². The molecule has 0 aliphatic heterocycles. The molecular weight excluding hydrogens is 224 g/mol. The van der Waals surface area contributed by atoms with Crippen LogP contribution in [0.5, 0.6) is 0 Å². The Bertz CT molecular complexity index is 137. The van der Waals surface area contributed by atoms with E-state index in [4.69, 9.17) is 9.78 Å². The van der Waals surface area contributed by atoms with Crippen molar-refractivity contribution in [2.45, 2.75) is 79.1 Å². The SMILES string of the molecule is CC(C)CCCCCOOCCCCCC(C)C. The summed E-state index contributed by atoms with van der Waals surface area (Å²) >= 11 is 0. The molecule has 0 aliphatic carbocycles. The molecule has 0 atom stereocenters. The van der Waals surface area contributed by atoms with Crippen LogP contribution in [-0.4, -0.2) is 13.2 Å². The first-order valence-electron chi connectivity index (χ1n) is 7.87. The van der Waals surface area contributed by atoms with Gasteiger partial charge in [0.2, 0.25) is 0 Å². The molecular formula is C16H34O2. The third kappa shape index (κ3) is 15.9. The summed E-state index contributed by atoms with van der Waals surface area (Å²) in [4.78, 5) is 10.3. The van der Waals surface area contributed by atoms with E-state index in [-0.39, 0.29) is 0 Å². The monoisotopic (exact) mass is 258 g/mol. The van der Waals surface area contributed by atoms with Gasteiger partial charge in [0.25, 0.3) is 0 Å². The summed E-state index contributed by atoms with van der Waals surface area (Å²) in [5.74, 6) is 1.65. The molecule has 0 amide bonds. The lowest BCUT2D eigenvalue weighted by molar-refractivity contribution is -0.295. The predicted molar refractivity (Wildman–Crippen MR) is 78.5 cm³/mol. The molecule has 18 heavy (non-hydrogen) atoms. The van der Waals surface area contributed by atoms with Crippen LogP contribution in [0.15, 0.2) is 0 Å². The fraction of sp³-hybridized carbons (Fsp3) is 1.00. The summed E-state index contributed by atoms with van der Waals surface area (Å²) in [6.45, 7) is 10.6. The maximum absolute atomic E-state index is 5.17. The Morgan fingerprint density at radius 2 is 0.944 bits per heavy atom. The normalized spacial score (nSPS) is 11.7. The van der Waals surface area contributed by atoms with E-state index in [0.717, 1.165) is 37.9 Å². The Labute approximate surface area is 114 Å². The van der Waals surface area contributed by atoms with Crippen molar-refractivity contribution in [2.24, 2.45) is 11.8 Å². The molecule has 0 radical (unpaired) electrons. The van der Waals surface area contributed by atoms with Gasteiger partial charge < -0.3 is 0 Å². The number of hydrogen-bond donors (Lipinski definition) is 0. The molecule has 2 nitrogen and oxygen atoms in total. The van der Waals surface area contributed by atoms with Gasteiger partial charge in [0, 0.05) is 0 Å². The van der Waals surface area contributed by atoms with Crippen LogP contribution in [0.1, 0.15) is 79.1 Å². The largest absolute Gasteiger partial charge is 0.237 e. The lowest BCUT2D eigenvalue weighted by Crippen LogP contribution is -1.99. The summed E-state index contributed by atoms with van der Waals surface area (Å²) < 4.78 is 0. The van der Waals surface area contributed by atoms with Crippen LogP contribution in [0.2, 0.25) is 0 Å². The summed E-state index contributed by atoms with van der Waals surface area (Å²) in [7, 11) is 0. The van der Waals surface area contributed by atoms with E-state index >= 15 is 0 Å². The molecule has 110 valence electrons. The van der Waals surface area contributed by atoms with Gasteiger partial charge in [-0.05, 0) is 24.7 Å². The standard InChI is InChI=1S/C16H34O2/c1-15(2)11-7-5-9-13-17-18-14-10-6-8-12-16(3)4/h15-16H,5-14H2,1-4H3. The predicted octanol–water partition coefficient (Wildman–Crippen LogP) is 5.37. The molecule has 0 aromatic rings. The highest BCUT2D eigenvalue weighted by molar-refractivity contribution is 4.47. The topological polar surface area (TPSA) is 18.5 Å². The van der Waals surface area contributed by atoms with E-state index in [0.29, 0.717) is 0 Å². The van der Waals surface area contributed by atoms with Crippen LogP contribution >= 0.6 is 0 Å². The highest BCUT2D eigenvalue weighted by atomic mass is 17.2. The van der Waals surface area contributed by atoms with Crippen molar-refractivity contribution in [1.29, 1.82) is 0 Å². The molecule has 0 N–H and O–H groups in total. The molecule has 0 spiro atoms. The van der Waals surface area contributed by atoms with Crippen molar-refractivity contribution in [2.75, 3.05) is 13.2 Å². The van der Waals surface area contributed by atoms with Crippen LogP contribution in [0, 0.1) is 11.8 Å². The van der Waals surface area contributed by atoms with Gasteiger partial charge in [-0.15, -0.1) is 0 Å². The molecule has 0 aromatic heterocycles. The molecule has 0 aliphatic rings. The molecule has 0 fully saturated rings. The van der Waals surface area contributed by atoms with Crippen LogP contribution in [0.25, 0.3) is 0 Å². The van der Waals surface area contributed by atoms with Crippen molar-refractivity contribution in [3.05, 3.63) is 0 Å². The Morgan fingerprint density at radius 1 is 0.556 bits per heavy atom. The molecule has 0 rings (SSSR count). The number of hydrogen-bond acceptors (Lipinski definition) is 2. The van der Waals surface area contributed by atoms with Gasteiger partial charge in [-0.1, -0.05) is 66.2 Å². The van der Waals surface area contributed by atoms with Gasteiger partial charge >= 0.3 is 0 Å². The minimum Gasteiger partial charge on any atom is -0.237 e. The second-order valence-corrected chi connectivity index (χ2v) is 6.13. The quantitative estimate of drug-likeness (QED) is 0.251. The minimum atomic E-state index is 0.754. The number of rotatable bonds is 13. The second-order valence-electron chi connectivity index (χ2n) is 6.13. The Balaban J connectivity index is 2.95. The van der Waals surface area contributed by atoms with E-state index in [2.05, 4.69) is 27.7 Å². The smallest absolute Gasteiger partial charge is 0.0822 e. The van der Waals surface area contributed by atoms with Crippen LogP contribution in [0.3, 0.4) is 0 Å². The van der Waals surface area contributed by atoms with Gasteiger partial charge in [0.15, 0.2) is 0 Å². The molecule has 0 saturated carbocycles. The fourth-order valence-corrected chi connectivity index (χ4v) is 1.90. The van der Waals surface area contributed by atoms with E-state index in [1.54, 1.807) is 0 Å². The first kappa shape index (κ1) is 17.9. The highest BCUT2D eigenvalue weighted by Crippen LogP contribution is 2.09. The maximum Gasteiger partial charge on any atom is 0.0822 e. The van der Waals surface area contributed by atoms with E-state index in [1.807, 2.05) is 0 Å². The molecule has 0 heterocycles. The Kier molecular flexibility index (Phi) is 13.3. The van der Waals surface area contributed by atoms with Gasteiger partial charge in [-0.25, -0.2) is 9.78 Å².